The van der Waals surface area contributed by atoms with Crippen LogP contribution in [0.4, 0.5) is 17.1 Å². The molecule has 222 valence electrons. The van der Waals surface area contributed by atoms with Crippen LogP contribution < -0.4 is 45.9 Å². The van der Waals surface area contributed by atoms with E-state index in [1.807, 2.05) is 0 Å². The summed E-state index contributed by atoms with van der Waals surface area (Å²) in [4.78, 5) is 22.7. The van der Waals surface area contributed by atoms with E-state index in [0.717, 1.165) is 12.1 Å². The van der Waals surface area contributed by atoms with Crippen LogP contribution in [0.15, 0.2) is 81.4 Å². The summed E-state index contributed by atoms with van der Waals surface area (Å²) in [6.45, 7) is 1.66. The van der Waals surface area contributed by atoms with Crippen LogP contribution in [0.5, 0.6) is 0 Å². The van der Waals surface area contributed by atoms with Crippen molar-refractivity contribution in [3.05, 3.63) is 83.4 Å². The number of rotatable bonds is 7. The summed E-state index contributed by atoms with van der Waals surface area (Å²) in [5.41, 5.74) is 6.65. The standard InChI is InChI=1S/C25H21N3O11S3.Na.H/c1-13-5-6-15(10-20(13)28-24(29)14-3-2-4-16(26)9-14)25(30)27-19-7-8-21(41(34,35)36)18-11-17(40(31,32)33)12-22(23(18)19)42(37,38)39;;/h2-12H,26H2,1H3,(H,27,30)(H,28,29)(H,31,32,33)(H,34,35,36)(H,37,38,39);;/q;+1;-1. The van der Waals surface area contributed by atoms with Gasteiger partial charge in [-0.15, -0.1) is 0 Å². The van der Waals surface area contributed by atoms with Gasteiger partial charge in [0, 0.05) is 33.3 Å². The summed E-state index contributed by atoms with van der Waals surface area (Å²) in [6, 6.07) is 12.9. The third kappa shape index (κ3) is 7.58. The fourth-order valence-electron chi connectivity index (χ4n) is 4.04. The van der Waals surface area contributed by atoms with Crippen LogP contribution in [0, 0.1) is 6.92 Å². The molecule has 0 heterocycles. The van der Waals surface area contributed by atoms with E-state index in [-0.39, 0.29) is 47.8 Å². The number of amides is 2. The molecule has 0 aliphatic rings. The van der Waals surface area contributed by atoms with Crippen molar-refractivity contribution in [1.82, 2.24) is 0 Å². The Labute approximate surface area is 269 Å². The van der Waals surface area contributed by atoms with E-state index < -0.39 is 73.3 Å². The maximum absolute atomic E-state index is 13.2. The third-order valence-corrected chi connectivity index (χ3v) is 8.63. The molecule has 0 spiro atoms. The second kappa shape index (κ2) is 12.3. The second-order valence-corrected chi connectivity index (χ2v) is 13.1. The average Bonchev–Trinajstić information content (AvgIpc) is 2.87. The Balaban J connectivity index is 0.00000337. The Morgan fingerprint density at radius 2 is 1.28 bits per heavy atom. The number of carbonyl (C=O) groups is 2. The van der Waals surface area contributed by atoms with Crippen LogP contribution in [0.2, 0.25) is 0 Å². The largest absolute Gasteiger partial charge is 1.00 e. The van der Waals surface area contributed by atoms with Gasteiger partial charge in [-0.25, -0.2) is 0 Å². The van der Waals surface area contributed by atoms with Crippen molar-refractivity contribution >= 4 is 70.0 Å². The summed E-state index contributed by atoms with van der Waals surface area (Å²) in [6.07, 6.45) is 0. The van der Waals surface area contributed by atoms with Gasteiger partial charge in [0.25, 0.3) is 42.2 Å². The Morgan fingerprint density at radius 1 is 0.698 bits per heavy atom. The van der Waals surface area contributed by atoms with E-state index in [9.17, 15) is 48.5 Å². The molecule has 0 aliphatic carbocycles. The summed E-state index contributed by atoms with van der Waals surface area (Å²) in [5.74, 6) is -1.42. The number of hydrogen-bond donors (Lipinski definition) is 6. The summed E-state index contributed by atoms with van der Waals surface area (Å²) in [7, 11) is -15.6. The van der Waals surface area contributed by atoms with Crippen LogP contribution in [0.1, 0.15) is 27.7 Å². The van der Waals surface area contributed by atoms with Crippen molar-refractivity contribution in [1.29, 1.82) is 0 Å². The quantitative estimate of drug-likeness (QED) is 0.0878. The molecule has 0 saturated heterocycles. The van der Waals surface area contributed by atoms with Crippen molar-refractivity contribution in [3.63, 3.8) is 0 Å². The topological polar surface area (TPSA) is 247 Å². The number of anilines is 3. The molecule has 0 aliphatic heterocycles. The minimum absolute atomic E-state index is 0. The second-order valence-electron chi connectivity index (χ2n) is 8.94. The number of benzene rings is 4. The molecule has 4 aromatic rings. The van der Waals surface area contributed by atoms with Crippen molar-refractivity contribution in [2.45, 2.75) is 21.6 Å². The molecular weight excluding hydrogens is 637 g/mol. The first kappa shape index (κ1) is 34.1. The van der Waals surface area contributed by atoms with Gasteiger partial charge in [0.2, 0.25) is 0 Å². The molecule has 4 rings (SSSR count). The van der Waals surface area contributed by atoms with E-state index in [0.29, 0.717) is 23.4 Å². The maximum atomic E-state index is 13.2. The van der Waals surface area contributed by atoms with Crippen LogP contribution in [-0.2, 0) is 30.4 Å². The van der Waals surface area contributed by atoms with E-state index >= 15 is 0 Å². The normalized spacial score (nSPS) is 11.9. The van der Waals surface area contributed by atoms with Gasteiger partial charge >= 0.3 is 29.6 Å². The average molecular weight is 660 g/mol. The Morgan fingerprint density at radius 3 is 1.84 bits per heavy atom. The summed E-state index contributed by atoms with van der Waals surface area (Å²) >= 11 is 0. The molecule has 0 unspecified atom stereocenters. The summed E-state index contributed by atoms with van der Waals surface area (Å²) < 4.78 is 101. The fraction of sp³-hybridized carbons (Fsp3) is 0.0400. The molecule has 14 nitrogen and oxygen atoms in total. The fourth-order valence-corrected chi connectivity index (χ4v) is 6.08. The molecule has 0 aromatic heterocycles. The third-order valence-electron chi connectivity index (χ3n) is 6.01. The van der Waals surface area contributed by atoms with Crippen molar-refractivity contribution in [2.75, 3.05) is 16.4 Å². The monoisotopic (exact) mass is 659 g/mol. The zero-order valence-electron chi connectivity index (χ0n) is 23.3. The molecule has 43 heavy (non-hydrogen) atoms. The van der Waals surface area contributed by atoms with E-state index in [1.165, 1.54) is 30.3 Å². The van der Waals surface area contributed by atoms with Crippen LogP contribution >= 0.6 is 0 Å². The van der Waals surface area contributed by atoms with Crippen molar-refractivity contribution in [3.8, 4) is 0 Å². The van der Waals surface area contributed by atoms with Gasteiger partial charge in [0.15, 0.2) is 0 Å². The number of nitrogen functional groups attached to an aromatic ring is 1. The van der Waals surface area contributed by atoms with Crippen LogP contribution in [0.25, 0.3) is 10.8 Å². The molecule has 0 fully saturated rings. The van der Waals surface area contributed by atoms with Gasteiger partial charge in [-0.2, -0.15) is 25.3 Å². The van der Waals surface area contributed by atoms with Crippen LogP contribution in [-0.4, -0.2) is 50.7 Å². The number of fused-ring (bicyclic) bond motifs is 1. The number of nitrogens with two attached hydrogens (primary N) is 1. The zero-order valence-corrected chi connectivity index (χ0v) is 26.7. The van der Waals surface area contributed by atoms with Crippen molar-refractivity contribution in [2.24, 2.45) is 0 Å². The number of nitrogens with one attached hydrogen (secondary N) is 2. The Kier molecular flexibility index (Phi) is 9.76. The maximum Gasteiger partial charge on any atom is 1.00 e. The molecule has 2 amide bonds. The van der Waals surface area contributed by atoms with Gasteiger partial charge in [-0.1, -0.05) is 12.1 Å². The molecular formula is C25H22N3NaO11S3. The van der Waals surface area contributed by atoms with E-state index in [1.54, 1.807) is 19.1 Å². The SMILES string of the molecule is Cc1ccc(C(=O)Nc2ccc(S(=O)(=O)O)c3cc(S(=O)(=O)O)cc(S(=O)(=O)O)c23)cc1NC(=O)c1cccc(N)c1.[H-].[Na+]. The molecule has 0 bridgehead atoms. The number of carbonyl (C=O) groups excluding carboxylic acids is 2. The first-order valence-corrected chi connectivity index (χ1v) is 15.8. The summed E-state index contributed by atoms with van der Waals surface area (Å²) in [5, 5.41) is 3.57. The van der Waals surface area contributed by atoms with Gasteiger partial charge in [0.05, 0.1) is 10.6 Å². The first-order valence-electron chi connectivity index (χ1n) is 11.5. The van der Waals surface area contributed by atoms with E-state index in [2.05, 4.69) is 10.6 Å². The minimum Gasteiger partial charge on any atom is -1.00 e. The van der Waals surface area contributed by atoms with Gasteiger partial charge in [-0.3, -0.25) is 23.2 Å². The minimum atomic E-state index is -5.31. The van der Waals surface area contributed by atoms with Crippen molar-refractivity contribution < 1.29 is 79.5 Å². The van der Waals surface area contributed by atoms with Gasteiger partial charge < -0.3 is 17.8 Å². The van der Waals surface area contributed by atoms with E-state index in [4.69, 9.17) is 5.73 Å². The Hall–Kier alpha value is -3.39. The molecule has 4 aromatic carbocycles. The van der Waals surface area contributed by atoms with Crippen LogP contribution in [0.3, 0.4) is 0 Å². The first-order chi connectivity index (χ1) is 19.4. The Bertz CT molecular complexity index is 2140. The molecule has 7 N–H and O–H groups in total. The predicted octanol–water partition coefficient (Wildman–Crippen LogP) is 0.0916. The van der Waals surface area contributed by atoms with Gasteiger partial charge in [0.1, 0.15) is 9.79 Å². The molecule has 18 heteroatoms. The number of aryl methyl sites for hydroxylation is 1. The molecule has 0 radical (unpaired) electrons. The van der Waals surface area contributed by atoms with Gasteiger partial charge in [-0.05, 0) is 67.1 Å². The molecule has 0 atom stereocenters. The molecule has 0 saturated carbocycles. The zero-order chi connectivity index (χ0) is 31.2. The number of hydrogen-bond acceptors (Lipinski definition) is 9. The predicted molar refractivity (Wildman–Crippen MR) is 152 cm³/mol. The smallest absolute Gasteiger partial charge is 1.00 e.